The van der Waals surface area contributed by atoms with Crippen LogP contribution in [-0.4, -0.2) is 35.6 Å². The average Bonchev–Trinajstić information content (AvgIpc) is 1.96. The van der Waals surface area contributed by atoms with E-state index in [1.165, 1.54) is 0 Å². The van der Waals surface area contributed by atoms with Gasteiger partial charge in [0.15, 0.2) is 0 Å². The lowest BCUT2D eigenvalue weighted by Gasteiger charge is -2.27. The van der Waals surface area contributed by atoms with Crippen molar-refractivity contribution in [2.24, 2.45) is 0 Å². The highest BCUT2D eigenvalue weighted by atomic mass is 16.4. The van der Waals surface area contributed by atoms with E-state index in [9.17, 15) is 9.59 Å². The number of hydrogen-bond donors (Lipinski definition) is 3. The molecule has 1 rings (SSSR count). The number of hydrogen-bond acceptors (Lipinski definition) is 3. The van der Waals surface area contributed by atoms with Crippen LogP contribution in [0, 0.1) is 0 Å². The molecule has 1 aliphatic rings. The molecular formula is C11H18N2O3. The number of carboxylic acids is 1. The fourth-order valence-electron chi connectivity index (χ4n) is 1.50. The van der Waals surface area contributed by atoms with Gasteiger partial charge in [-0.3, -0.25) is 9.59 Å². The van der Waals surface area contributed by atoms with Crippen LogP contribution in [0.25, 0.3) is 0 Å². The summed E-state index contributed by atoms with van der Waals surface area (Å²) in [7, 11) is 0. The maximum atomic E-state index is 11.8. The Labute approximate surface area is 94.9 Å². The Balaban J connectivity index is 2.59. The lowest BCUT2D eigenvalue weighted by atomic mass is 9.98. The fourth-order valence-corrected chi connectivity index (χ4v) is 1.50. The molecule has 0 aromatic rings. The molecule has 0 saturated carbocycles. The molecule has 1 saturated heterocycles. The summed E-state index contributed by atoms with van der Waals surface area (Å²) in [6.45, 7) is 6.67. The third kappa shape index (κ3) is 3.34. The van der Waals surface area contributed by atoms with E-state index in [0.29, 0.717) is 5.57 Å². The van der Waals surface area contributed by atoms with Crippen molar-refractivity contribution >= 4 is 11.9 Å². The molecule has 5 nitrogen and oxygen atoms in total. The van der Waals surface area contributed by atoms with Crippen LogP contribution in [0.4, 0.5) is 0 Å². The zero-order chi connectivity index (χ0) is 12.3. The number of carboxylic acid groups (broad SMARTS) is 1. The largest absolute Gasteiger partial charge is 0.481 e. The molecule has 0 atom stereocenters. The highest BCUT2D eigenvalue weighted by Gasteiger charge is 2.25. The molecule has 0 aromatic heterocycles. The van der Waals surface area contributed by atoms with E-state index in [2.05, 4.69) is 10.6 Å². The molecule has 0 radical (unpaired) electrons. The standard InChI is InChI=1S/C11H18N2O3/c1-7(8-5-12-6-8)10(16)13-11(2,3)4-9(14)15/h12H,4-6H2,1-3H3,(H,13,16)(H,14,15). The molecule has 16 heavy (non-hydrogen) atoms. The van der Waals surface area contributed by atoms with Crippen LogP contribution in [0.2, 0.25) is 0 Å². The Hall–Kier alpha value is -1.36. The summed E-state index contributed by atoms with van der Waals surface area (Å²) >= 11 is 0. The van der Waals surface area contributed by atoms with E-state index in [-0.39, 0.29) is 12.3 Å². The number of carbonyl (C=O) groups excluding carboxylic acids is 1. The molecule has 0 aliphatic carbocycles. The van der Waals surface area contributed by atoms with Crippen LogP contribution in [0.1, 0.15) is 27.2 Å². The summed E-state index contributed by atoms with van der Waals surface area (Å²) in [5.41, 5.74) is 1.06. The minimum atomic E-state index is -0.916. The zero-order valence-electron chi connectivity index (χ0n) is 9.89. The van der Waals surface area contributed by atoms with Crippen molar-refractivity contribution in [3.8, 4) is 0 Å². The molecule has 0 spiro atoms. The first-order valence-electron chi connectivity index (χ1n) is 5.25. The van der Waals surface area contributed by atoms with E-state index >= 15 is 0 Å². The molecule has 5 heteroatoms. The monoisotopic (exact) mass is 226 g/mol. The van der Waals surface area contributed by atoms with Crippen molar-refractivity contribution in [1.82, 2.24) is 10.6 Å². The molecule has 90 valence electrons. The van der Waals surface area contributed by atoms with E-state index in [1.807, 2.05) is 0 Å². The van der Waals surface area contributed by atoms with Crippen molar-refractivity contribution < 1.29 is 14.7 Å². The van der Waals surface area contributed by atoms with E-state index in [1.54, 1.807) is 20.8 Å². The van der Waals surface area contributed by atoms with Crippen molar-refractivity contribution in [3.63, 3.8) is 0 Å². The van der Waals surface area contributed by atoms with Crippen molar-refractivity contribution in [1.29, 1.82) is 0 Å². The first kappa shape index (κ1) is 12.7. The van der Waals surface area contributed by atoms with Gasteiger partial charge in [0, 0.05) is 24.2 Å². The van der Waals surface area contributed by atoms with Gasteiger partial charge in [0.25, 0.3) is 0 Å². The molecule has 3 N–H and O–H groups in total. The zero-order valence-corrected chi connectivity index (χ0v) is 9.89. The van der Waals surface area contributed by atoms with Gasteiger partial charge in [0.2, 0.25) is 5.91 Å². The summed E-state index contributed by atoms with van der Waals surface area (Å²) in [4.78, 5) is 22.4. The second-order valence-corrected chi connectivity index (χ2v) is 4.74. The molecule has 1 fully saturated rings. The van der Waals surface area contributed by atoms with Crippen LogP contribution < -0.4 is 10.6 Å². The van der Waals surface area contributed by atoms with Gasteiger partial charge < -0.3 is 15.7 Å². The topological polar surface area (TPSA) is 78.4 Å². The second-order valence-electron chi connectivity index (χ2n) is 4.74. The van der Waals surface area contributed by atoms with Crippen LogP contribution >= 0.6 is 0 Å². The highest BCUT2D eigenvalue weighted by Crippen LogP contribution is 2.13. The van der Waals surface area contributed by atoms with Crippen molar-refractivity contribution in [3.05, 3.63) is 11.1 Å². The molecule has 1 heterocycles. The van der Waals surface area contributed by atoms with Crippen molar-refractivity contribution in [2.75, 3.05) is 13.1 Å². The minimum Gasteiger partial charge on any atom is -0.481 e. The minimum absolute atomic E-state index is 0.0837. The Kier molecular flexibility index (Phi) is 3.70. The van der Waals surface area contributed by atoms with Gasteiger partial charge in [0.1, 0.15) is 0 Å². The summed E-state index contributed by atoms with van der Waals surface area (Å²) in [6, 6.07) is 0. The highest BCUT2D eigenvalue weighted by molar-refractivity contribution is 5.94. The molecule has 0 aromatic carbocycles. The van der Waals surface area contributed by atoms with Gasteiger partial charge in [-0.25, -0.2) is 0 Å². The van der Waals surface area contributed by atoms with Crippen LogP contribution in [-0.2, 0) is 9.59 Å². The van der Waals surface area contributed by atoms with Gasteiger partial charge in [0.05, 0.1) is 6.42 Å². The van der Waals surface area contributed by atoms with Crippen LogP contribution in [0.3, 0.4) is 0 Å². The van der Waals surface area contributed by atoms with Gasteiger partial charge >= 0.3 is 5.97 Å². The predicted molar refractivity (Wildman–Crippen MR) is 60.0 cm³/mol. The van der Waals surface area contributed by atoms with Crippen LogP contribution in [0.15, 0.2) is 11.1 Å². The summed E-state index contributed by atoms with van der Waals surface area (Å²) < 4.78 is 0. The van der Waals surface area contributed by atoms with Gasteiger partial charge in [-0.1, -0.05) is 0 Å². The lowest BCUT2D eigenvalue weighted by Crippen LogP contribution is -2.46. The molecule has 0 unspecified atom stereocenters. The molecule has 0 bridgehead atoms. The number of carbonyl (C=O) groups is 2. The Morgan fingerprint density at radius 2 is 2.00 bits per heavy atom. The van der Waals surface area contributed by atoms with Gasteiger partial charge in [-0.05, 0) is 26.3 Å². The average molecular weight is 226 g/mol. The lowest BCUT2D eigenvalue weighted by molar-refractivity contribution is -0.138. The van der Waals surface area contributed by atoms with Gasteiger partial charge in [-0.15, -0.1) is 0 Å². The molecular weight excluding hydrogens is 208 g/mol. The van der Waals surface area contributed by atoms with E-state index in [4.69, 9.17) is 5.11 Å². The first-order chi connectivity index (χ1) is 7.32. The molecule has 1 aliphatic heterocycles. The van der Waals surface area contributed by atoms with Gasteiger partial charge in [-0.2, -0.15) is 0 Å². The smallest absolute Gasteiger partial charge is 0.305 e. The Morgan fingerprint density at radius 1 is 1.44 bits per heavy atom. The Bertz CT molecular complexity index is 339. The first-order valence-corrected chi connectivity index (χ1v) is 5.25. The third-order valence-electron chi connectivity index (χ3n) is 2.59. The summed E-state index contributed by atoms with van der Waals surface area (Å²) in [6.07, 6.45) is -0.0837. The van der Waals surface area contributed by atoms with E-state index < -0.39 is 11.5 Å². The maximum Gasteiger partial charge on any atom is 0.305 e. The normalized spacial score (nSPS) is 15.3. The quantitative estimate of drug-likeness (QED) is 0.601. The van der Waals surface area contributed by atoms with Crippen molar-refractivity contribution in [2.45, 2.75) is 32.7 Å². The SMILES string of the molecule is CC(C(=O)NC(C)(C)CC(=O)O)=C1CNC1. The Morgan fingerprint density at radius 3 is 2.38 bits per heavy atom. The number of aliphatic carboxylic acids is 1. The summed E-state index contributed by atoms with van der Waals surface area (Å²) in [5.74, 6) is -1.09. The second kappa shape index (κ2) is 4.65. The third-order valence-corrected chi connectivity index (χ3v) is 2.59. The number of amides is 1. The molecule has 1 amide bonds. The summed E-state index contributed by atoms with van der Waals surface area (Å²) in [5, 5.41) is 14.5. The fraction of sp³-hybridized carbons (Fsp3) is 0.636. The van der Waals surface area contributed by atoms with Crippen LogP contribution in [0.5, 0.6) is 0 Å². The maximum absolute atomic E-state index is 11.8. The predicted octanol–water partition coefficient (Wildman–Crippen LogP) is 0.276. The number of nitrogens with one attached hydrogen (secondary N) is 2. The number of rotatable bonds is 4. The van der Waals surface area contributed by atoms with E-state index in [0.717, 1.165) is 18.7 Å².